The topological polar surface area (TPSA) is 68.0 Å². The van der Waals surface area contributed by atoms with Gasteiger partial charge in [0.1, 0.15) is 12.4 Å². The molecule has 0 aliphatic heterocycles. The van der Waals surface area contributed by atoms with Gasteiger partial charge in [-0.05, 0) is 37.0 Å². The van der Waals surface area contributed by atoms with Crippen molar-refractivity contribution in [2.75, 3.05) is 33.4 Å². The van der Waals surface area contributed by atoms with Crippen LogP contribution in [0.2, 0.25) is 0 Å². The van der Waals surface area contributed by atoms with E-state index in [1.807, 2.05) is 30.3 Å². The number of guanidine groups is 1. The van der Waals surface area contributed by atoms with Crippen molar-refractivity contribution in [2.24, 2.45) is 4.99 Å². The Hall–Kier alpha value is -2.31. The minimum Gasteiger partial charge on any atom is -0.467 e. The van der Waals surface area contributed by atoms with Gasteiger partial charge in [0, 0.05) is 33.4 Å². The van der Waals surface area contributed by atoms with Crippen LogP contribution in [0, 0.1) is 0 Å². The lowest BCUT2D eigenvalue weighted by molar-refractivity contribution is 0.105. The van der Waals surface area contributed by atoms with Crippen LogP contribution in [-0.2, 0) is 22.7 Å². The summed E-state index contributed by atoms with van der Waals surface area (Å²) in [6.45, 7) is 4.35. The van der Waals surface area contributed by atoms with Gasteiger partial charge in [-0.15, -0.1) is 0 Å². The van der Waals surface area contributed by atoms with Crippen molar-refractivity contribution in [1.29, 1.82) is 0 Å². The molecule has 0 bridgehead atoms. The quantitative estimate of drug-likeness (QED) is 0.320. The molecule has 0 aliphatic rings. The van der Waals surface area contributed by atoms with Gasteiger partial charge in [0.05, 0.1) is 12.9 Å². The number of rotatable bonds is 13. The average Bonchev–Trinajstić information content (AvgIpc) is 3.22. The van der Waals surface area contributed by atoms with Gasteiger partial charge in [0.25, 0.3) is 0 Å². The van der Waals surface area contributed by atoms with Gasteiger partial charge >= 0.3 is 0 Å². The van der Waals surface area contributed by atoms with E-state index >= 15 is 0 Å². The number of nitrogens with zero attached hydrogens (tertiary/aromatic N) is 1. The van der Waals surface area contributed by atoms with Crippen LogP contribution < -0.4 is 10.6 Å². The van der Waals surface area contributed by atoms with Crippen LogP contribution in [-0.4, -0.2) is 39.3 Å². The predicted octanol–water partition coefficient (Wildman–Crippen LogP) is 3.35. The zero-order valence-corrected chi connectivity index (χ0v) is 16.2. The van der Waals surface area contributed by atoms with Crippen molar-refractivity contribution in [3.05, 3.63) is 60.1 Å². The first kappa shape index (κ1) is 21.0. The highest BCUT2D eigenvalue weighted by Gasteiger charge is 1.99. The summed E-state index contributed by atoms with van der Waals surface area (Å²) in [5.41, 5.74) is 1.22. The highest BCUT2D eigenvalue weighted by molar-refractivity contribution is 5.79. The SMILES string of the molecule is CN=C(NCCCCOCc1ccccc1)NCCCOCc1ccco1. The summed E-state index contributed by atoms with van der Waals surface area (Å²) in [7, 11) is 1.78. The average molecular weight is 373 g/mol. The lowest BCUT2D eigenvalue weighted by Crippen LogP contribution is -2.38. The zero-order chi connectivity index (χ0) is 19.0. The van der Waals surface area contributed by atoms with Crippen molar-refractivity contribution in [3.63, 3.8) is 0 Å². The zero-order valence-electron chi connectivity index (χ0n) is 16.2. The third-order valence-electron chi connectivity index (χ3n) is 3.93. The maximum absolute atomic E-state index is 5.69. The Kier molecular flexibility index (Phi) is 10.8. The molecule has 1 aromatic heterocycles. The Morgan fingerprint density at radius 2 is 1.63 bits per heavy atom. The number of nitrogens with one attached hydrogen (secondary N) is 2. The Balaban J connectivity index is 1.40. The fourth-order valence-electron chi connectivity index (χ4n) is 2.47. The molecule has 0 fully saturated rings. The molecule has 6 heteroatoms. The van der Waals surface area contributed by atoms with Gasteiger partial charge < -0.3 is 24.5 Å². The van der Waals surface area contributed by atoms with Crippen LogP contribution in [0.5, 0.6) is 0 Å². The Morgan fingerprint density at radius 3 is 2.37 bits per heavy atom. The first-order chi connectivity index (χ1) is 13.4. The van der Waals surface area contributed by atoms with Crippen molar-refractivity contribution < 1.29 is 13.9 Å². The Bertz CT molecular complexity index is 615. The summed E-state index contributed by atoms with van der Waals surface area (Å²) < 4.78 is 16.5. The molecule has 2 aromatic rings. The molecule has 0 radical (unpaired) electrons. The molecule has 0 aliphatic carbocycles. The molecule has 0 atom stereocenters. The van der Waals surface area contributed by atoms with Crippen LogP contribution >= 0.6 is 0 Å². The minimum absolute atomic E-state index is 0.520. The van der Waals surface area contributed by atoms with Crippen molar-refractivity contribution in [2.45, 2.75) is 32.5 Å². The van der Waals surface area contributed by atoms with Crippen molar-refractivity contribution in [1.82, 2.24) is 10.6 Å². The summed E-state index contributed by atoms with van der Waals surface area (Å²) >= 11 is 0. The first-order valence-electron chi connectivity index (χ1n) is 9.55. The standard InChI is InChI=1S/C21H31N3O3/c1-22-21(24-13-8-15-26-18-20-11-7-16-27-20)23-12-5-6-14-25-17-19-9-3-2-4-10-19/h2-4,7,9-11,16H,5-6,8,12-15,17-18H2,1H3,(H2,22,23,24). The molecular formula is C21H31N3O3. The third kappa shape index (κ3) is 9.82. The van der Waals surface area contributed by atoms with Gasteiger partial charge in [-0.2, -0.15) is 0 Å². The van der Waals surface area contributed by atoms with E-state index in [1.165, 1.54) is 5.56 Å². The Labute approximate surface area is 162 Å². The number of furan rings is 1. The lowest BCUT2D eigenvalue weighted by atomic mass is 10.2. The molecule has 0 spiro atoms. The third-order valence-corrected chi connectivity index (χ3v) is 3.93. The smallest absolute Gasteiger partial charge is 0.190 e. The molecular weight excluding hydrogens is 342 g/mol. The maximum Gasteiger partial charge on any atom is 0.190 e. The van der Waals surface area contributed by atoms with Crippen LogP contribution in [0.25, 0.3) is 0 Å². The van der Waals surface area contributed by atoms with E-state index in [-0.39, 0.29) is 0 Å². The molecule has 2 rings (SSSR count). The van der Waals surface area contributed by atoms with E-state index in [1.54, 1.807) is 13.3 Å². The second kappa shape index (κ2) is 13.8. The van der Waals surface area contributed by atoms with Gasteiger partial charge in [0.15, 0.2) is 5.96 Å². The van der Waals surface area contributed by atoms with E-state index in [4.69, 9.17) is 13.9 Å². The summed E-state index contributed by atoms with van der Waals surface area (Å²) in [6.07, 6.45) is 4.64. The fraction of sp³-hybridized carbons (Fsp3) is 0.476. The molecule has 27 heavy (non-hydrogen) atoms. The molecule has 1 aromatic carbocycles. The van der Waals surface area contributed by atoms with E-state index in [0.717, 1.165) is 50.7 Å². The predicted molar refractivity (Wildman–Crippen MR) is 108 cm³/mol. The van der Waals surface area contributed by atoms with Crippen molar-refractivity contribution >= 4 is 5.96 Å². The van der Waals surface area contributed by atoms with Crippen LogP contribution in [0.3, 0.4) is 0 Å². The van der Waals surface area contributed by atoms with Crippen molar-refractivity contribution in [3.8, 4) is 0 Å². The molecule has 0 unspecified atom stereocenters. The summed E-state index contributed by atoms with van der Waals surface area (Å²) in [5, 5.41) is 6.61. The number of aliphatic imine (C=N–C) groups is 1. The highest BCUT2D eigenvalue weighted by atomic mass is 16.5. The maximum atomic E-state index is 5.69. The second-order valence-corrected chi connectivity index (χ2v) is 6.16. The van der Waals surface area contributed by atoms with Gasteiger partial charge in [-0.3, -0.25) is 4.99 Å². The van der Waals surface area contributed by atoms with Gasteiger partial charge in [0.2, 0.25) is 0 Å². The molecule has 0 amide bonds. The number of unbranched alkanes of at least 4 members (excludes halogenated alkanes) is 1. The van der Waals surface area contributed by atoms with Gasteiger partial charge in [-0.25, -0.2) is 0 Å². The molecule has 1 heterocycles. The van der Waals surface area contributed by atoms with Crippen LogP contribution in [0.4, 0.5) is 0 Å². The first-order valence-corrected chi connectivity index (χ1v) is 9.55. The molecule has 0 saturated carbocycles. The van der Waals surface area contributed by atoms with E-state index in [9.17, 15) is 0 Å². The van der Waals surface area contributed by atoms with E-state index in [0.29, 0.717) is 19.8 Å². The normalized spacial score (nSPS) is 11.5. The van der Waals surface area contributed by atoms with E-state index < -0.39 is 0 Å². The summed E-state index contributed by atoms with van der Waals surface area (Å²) in [5.74, 6) is 1.68. The van der Waals surface area contributed by atoms with E-state index in [2.05, 4.69) is 27.8 Å². The molecule has 2 N–H and O–H groups in total. The monoisotopic (exact) mass is 373 g/mol. The second-order valence-electron chi connectivity index (χ2n) is 6.16. The number of hydrogen-bond acceptors (Lipinski definition) is 4. The van der Waals surface area contributed by atoms with Crippen LogP contribution in [0.15, 0.2) is 58.1 Å². The number of hydrogen-bond donors (Lipinski definition) is 2. The number of ether oxygens (including phenoxy) is 2. The Morgan fingerprint density at radius 1 is 0.889 bits per heavy atom. The number of benzene rings is 1. The highest BCUT2D eigenvalue weighted by Crippen LogP contribution is 2.02. The molecule has 6 nitrogen and oxygen atoms in total. The summed E-state index contributed by atoms with van der Waals surface area (Å²) in [4.78, 5) is 4.23. The summed E-state index contributed by atoms with van der Waals surface area (Å²) in [6, 6.07) is 14.0. The largest absolute Gasteiger partial charge is 0.467 e. The molecule has 148 valence electrons. The fourth-order valence-corrected chi connectivity index (χ4v) is 2.47. The van der Waals surface area contributed by atoms with Gasteiger partial charge in [-0.1, -0.05) is 30.3 Å². The molecule has 0 saturated heterocycles. The van der Waals surface area contributed by atoms with Crippen LogP contribution in [0.1, 0.15) is 30.6 Å². The lowest BCUT2D eigenvalue weighted by Gasteiger charge is -2.12. The minimum atomic E-state index is 0.520.